The van der Waals surface area contributed by atoms with Gasteiger partial charge in [0, 0.05) is 23.2 Å². The van der Waals surface area contributed by atoms with Crippen LogP contribution in [0.25, 0.3) is 0 Å². The van der Waals surface area contributed by atoms with Gasteiger partial charge in [0.2, 0.25) is 0 Å². The first-order valence-corrected chi connectivity index (χ1v) is 6.54. The minimum atomic E-state index is -0.973. The highest BCUT2D eigenvalue weighted by molar-refractivity contribution is 6.35. The molecule has 9 nitrogen and oxygen atoms in total. The van der Waals surface area contributed by atoms with Crippen LogP contribution >= 0.6 is 0 Å². The third-order valence-electron chi connectivity index (χ3n) is 3.06. The fourth-order valence-corrected chi connectivity index (χ4v) is 1.72. The number of aryl methyl sites for hydroxylation is 1. The van der Waals surface area contributed by atoms with Crippen LogP contribution in [0.2, 0.25) is 0 Å². The molecule has 2 rings (SSSR count). The van der Waals surface area contributed by atoms with E-state index in [-0.39, 0.29) is 17.3 Å². The number of nitro groups is 1. The first-order chi connectivity index (χ1) is 10.4. The molecule has 1 aromatic rings. The number of benzene rings is 1. The monoisotopic (exact) mass is 306 g/mol. The lowest BCUT2D eigenvalue weighted by Gasteiger charge is -2.08. The first-order valence-electron chi connectivity index (χ1n) is 6.54. The molecule has 1 saturated carbocycles. The van der Waals surface area contributed by atoms with Crippen molar-refractivity contribution < 1.29 is 19.3 Å². The smallest absolute Gasteiger partial charge is 0.327 e. The van der Waals surface area contributed by atoms with Crippen LogP contribution < -0.4 is 16.2 Å². The second-order valence-corrected chi connectivity index (χ2v) is 4.91. The van der Waals surface area contributed by atoms with Crippen molar-refractivity contribution in [1.82, 2.24) is 16.2 Å². The number of carbonyl (C=O) groups excluding carboxylic acids is 3. The van der Waals surface area contributed by atoms with Crippen molar-refractivity contribution in [3.8, 4) is 0 Å². The summed E-state index contributed by atoms with van der Waals surface area (Å²) in [7, 11) is 0. The van der Waals surface area contributed by atoms with Crippen molar-refractivity contribution in [1.29, 1.82) is 0 Å². The molecule has 3 N–H and O–H groups in total. The van der Waals surface area contributed by atoms with E-state index in [0.717, 1.165) is 12.8 Å². The number of nitro benzene ring substituents is 1. The second-order valence-electron chi connectivity index (χ2n) is 4.91. The summed E-state index contributed by atoms with van der Waals surface area (Å²) in [5.74, 6) is -2.47. The van der Waals surface area contributed by atoms with Crippen LogP contribution in [-0.2, 0) is 9.59 Å². The summed E-state index contributed by atoms with van der Waals surface area (Å²) in [6.07, 6.45) is 1.68. The van der Waals surface area contributed by atoms with E-state index in [1.54, 1.807) is 0 Å². The second kappa shape index (κ2) is 6.20. The van der Waals surface area contributed by atoms with Gasteiger partial charge >= 0.3 is 11.8 Å². The lowest BCUT2D eigenvalue weighted by atomic mass is 10.1. The molecule has 0 bridgehead atoms. The molecular formula is C13H14N4O5. The number of hydrogen-bond acceptors (Lipinski definition) is 5. The van der Waals surface area contributed by atoms with Crippen molar-refractivity contribution in [2.45, 2.75) is 25.8 Å². The normalized spacial score (nSPS) is 13.1. The predicted molar refractivity (Wildman–Crippen MR) is 74.6 cm³/mol. The van der Waals surface area contributed by atoms with Gasteiger partial charge in [0.15, 0.2) is 0 Å². The standard InChI is InChI=1S/C13H14N4O5/c1-7-6-8(2-5-10(7)17(21)22)11(18)15-16-13(20)12(19)14-9-3-4-9/h2,5-6,9H,3-4H2,1H3,(H,14,19)(H,15,18)(H,16,20). The topological polar surface area (TPSA) is 130 Å². The van der Waals surface area contributed by atoms with Gasteiger partial charge in [-0.15, -0.1) is 0 Å². The Hall–Kier alpha value is -2.97. The van der Waals surface area contributed by atoms with E-state index in [4.69, 9.17) is 0 Å². The maximum atomic E-state index is 11.8. The third kappa shape index (κ3) is 3.78. The Labute approximate surface area is 125 Å². The molecule has 0 radical (unpaired) electrons. The highest BCUT2D eigenvalue weighted by Gasteiger charge is 2.26. The number of nitrogens with one attached hydrogen (secondary N) is 3. The van der Waals surface area contributed by atoms with Crippen molar-refractivity contribution in [2.75, 3.05) is 0 Å². The largest absolute Gasteiger partial charge is 0.345 e. The Kier molecular flexibility index (Phi) is 4.35. The lowest BCUT2D eigenvalue weighted by molar-refractivity contribution is -0.385. The molecule has 0 heterocycles. The van der Waals surface area contributed by atoms with Crippen LogP contribution in [0.5, 0.6) is 0 Å². The van der Waals surface area contributed by atoms with E-state index >= 15 is 0 Å². The maximum Gasteiger partial charge on any atom is 0.327 e. The Morgan fingerprint density at radius 1 is 1.18 bits per heavy atom. The number of carbonyl (C=O) groups is 3. The van der Waals surface area contributed by atoms with Crippen LogP contribution in [0.1, 0.15) is 28.8 Å². The molecule has 9 heteroatoms. The molecule has 1 aliphatic carbocycles. The summed E-state index contributed by atoms with van der Waals surface area (Å²) in [4.78, 5) is 44.7. The molecular weight excluding hydrogens is 292 g/mol. The van der Waals surface area contributed by atoms with Gasteiger partial charge in [0.25, 0.3) is 11.6 Å². The van der Waals surface area contributed by atoms with Gasteiger partial charge < -0.3 is 5.32 Å². The quantitative estimate of drug-likeness (QED) is 0.409. The Balaban J connectivity index is 1.91. The van der Waals surface area contributed by atoms with Gasteiger partial charge in [-0.3, -0.25) is 35.3 Å². The lowest BCUT2D eigenvalue weighted by Crippen LogP contribution is -2.49. The van der Waals surface area contributed by atoms with Gasteiger partial charge in [-0.1, -0.05) is 0 Å². The molecule has 3 amide bonds. The minimum Gasteiger partial charge on any atom is -0.345 e. The van der Waals surface area contributed by atoms with E-state index in [1.165, 1.54) is 25.1 Å². The Morgan fingerprint density at radius 3 is 2.41 bits per heavy atom. The minimum absolute atomic E-state index is 0.0336. The van der Waals surface area contributed by atoms with Gasteiger partial charge in [-0.05, 0) is 31.9 Å². The zero-order chi connectivity index (χ0) is 16.3. The number of hydrazine groups is 1. The van der Waals surface area contributed by atoms with Gasteiger partial charge in [0.1, 0.15) is 0 Å². The van der Waals surface area contributed by atoms with Gasteiger partial charge in [-0.2, -0.15) is 0 Å². The molecule has 0 spiro atoms. The van der Waals surface area contributed by atoms with Gasteiger partial charge in [-0.25, -0.2) is 0 Å². The summed E-state index contributed by atoms with van der Waals surface area (Å²) < 4.78 is 0. The fraction of sp³-hybridized carbons (Fsp3) is 0.308. The van der Waals surface area contributed by atoms with Crippen molar-refractivity contribution in [3.05, 3.63) is 39.4 Å². The molecule has 22 heavy (non-hydrogen) atoms. The average molecular weight is 306 g/mol. The number of hydrogen-bond donors (Lipinski definition) is 3. The van der Waals surface area contributed by atoms with Gasteiger partial charge in [0.05, 0.1) is 4.92 Å². The SMILES string of the molecule is Cc1cc(C(=O)NNC(=O)C(=O)NC2CC2)ccc1[N+](=O)[O-]. The molecule has 0 unspecified atom stereocenters. The molecule has 1 fully saturated rings. The molecule has 1 aliphatic rings. The van der Waals surface area contributed by atoms with Crippen LogP contribution in [0.15, 0.2) is 18.2 Å². The Morgan fingerprint density at radius 2 is 1.86 bits per heavy atom. The van der Waals surface area contributed by atoms with Crippen LogP contribution in [-0.4, -0.2) is 28.7 Å². The Bertz CT molecular complexity index is 654. The van der Waals surface area contributed by atoms with Crippen LogP contribution in [0, 0.1) is 17.0 Å². The van der Waals surface area contributed by atoms with Crippen LogP contribution in [0.4, 0.5) is 5.69 Å². The zero-order valence-corrected chi connectivity index (χ0v) is 11.7. The average Bonchev–Trinajstić information content (AvgIpc) is 3.27. The molecule has 0 saturated heterocycles. The van der Waals surface area contributed by atoms with Crippen molar-refractivity contribution in [3.63, 3.8) is 0 Å². The van der Waals surface area contributed by atoms with E-state index in [0.29, 0.717) is 5.56 Å². The number of amides is 3. The predicted octanol–water partition coefficient (Wildman–Crippen LogP) is -0.0572. The van der Waals surface area contributed by atoms with E-state index in [9.17, 15) is 24.5 Å². The summed E-state index contributed by atoms with van der Waals surface area (Å²) in [6, 6.07) is 3.82. The third-order valence-corrected chi connectivity index (χ3v) is 3.06. The van der Waals surface area contributed by atoms with Crippen molar-refractivity contribution >= 4 is 23.4 Å². The number of nitrogens with zero attached hydrogens (tertiary/aromatic N) is 1. The molecule has 0 aromatic heterocycles. The summed E-state index contributed by atoms with van der Waals surface area (Å²) in [5.41, 5.74) is 4.41. The zero-order valence-electron chi connectivity index (χ0n) is 11.7. The van der Waals surface area contributed by atoms with Crippen LogP contribution in [0.3, 0.4) is 0 Å². The first kappa shape index (κ1) is 15.4. The highest BCUT2D eigenvalue weighted by Crippen LogP contribution is 2.19. The number of rotatable bonds is 3. The summed E-state index contributed by atoms with van der Waals surface area (Å²) in [5, 5.41) is 13.2. The summed E-state index contributed by atoms with van der Waals surface area (Å²) in [6.45, 7) is 1.50. The molecule has 116 valence electrons. The van der Waals surface area contributed by atoms with E-state index < -0.39 is 22.6 Å². The highest BCUT2D eigenvalue weighted by atomic mass is 16.6. The van der Waals surface area contributed by atoms with E-state index in [2.05, 4.69) is 10.7 Å². The fourth-order valence-electron chi connectivity index (χ4n) is 1.72. The summed E-state index contributed by atoms with van der Waals surface area (Å²) >= 11 is 0. The maximum absolute atomic E-state index is 11.8. The molecule has 0 aliphatic heterocycles. The molecule has 0 atom stereocenters. The molecule has 1 aromatic carbocycles. The van der Waals surface area contributed by atoms with Crippen molar-refractivity contribution in [2.24, 2.45) is 0 Å². The van der Waals surface area contributed by atoms with E-state index in [1.807, 2.05) is 5.43 Å².